The largest absolute Gasteiger partial charge is 0.504 e. The van der Waals surface area contributed by atoms with Crippen molar-refractivity contribution in [2.24, 2.45) is 0 Å². The highest BCUT2D eigenvalue weighted by Crippen LogP contribution is 2.28. The van der Waals surface area contributed by atoms with E-state index in [4.69, 9.17) is 4.74 Å². The first kappa shape index (κ1) is 18.2. The van der Waals surface area contributed by atoms with Crippen molar-refractivity contribution < 1.29 is 9.84 Å². The van der Waals surface area contributed by atoms with E-state index in [1.54, 1.807) is 12.3 Å². The maximum atomic E-state index is 12.5. The van der Waals surface area contributed by atoms with Crippen LogP contribution in [0.1, 0.15) is 23.7 Å². The fraction of sp³-hybridized carbons (Fsp3) is 0.286. The summed E-state index contributed by atoms with van der Waals surface area (Å²) >= 11 is 0. The number of aromatic nitrogens is 3. The van der Waals surface area contributed by atoms with E-state index >= 15 is 0 Å². The lowest BCUT2D eigenvalue weighted by Gasteiger charge is -2.27. The fourth-order valence-corrected chi connectivity index (χ4v) is 3.44. The number of nitrogens with one attached hydrogen (secondary N) is 1. The molecule has 0 saturated heterocycles. The Labute approximate surface area is 162 Å². The molecule has 0 bridgehead atoms. The maximum absolute atomic E-state index is 12.5. The monoisotopic (exact) mass is 378 g/mol. The number of fused-ring (bicyclic) bond motifs is 1. The molecule has 0 atom stereocenters. The van der Waals surface area contributed by atoms with E-state index in [0.29, 0.717) is 43.4 Å². The summed E-state index contributed by atoms with van der Waals surface area (Å²) in [7, 11) is 0. The highest BCUT2D eigenvalue weighted by atomic mass is 16.5. The van der Waals surface area contributed by atoms with Gasteiger partial charge in [0, 0.05) is 31.4 Å². The summed E-state index contributed by atoms with van der Waals surface area (Å²) in [6.45, 7) is 4.43. The van der Waals surface area contributed by atoms with Gasteiger partial charge in [-0.25, -0.2) is 4.98 Å². The lowest BCUT2D eigenvalue weighted by atomic mass is 10.1. The average molecular weight is 378 g/mol. The van der Waals surface area contributed by atoms with Gasteiger partial charge in [0.25, 0.3) is 5.56 Å². The van der Waals surface area contributed by atoms with Gasteiger partial charge in [0.2, 0.25) is 0 Å². The van der Waals surface area contributed by atoms with Crippen LogP contribution in [-0.2, 0) is 19.5 Å². The molecule has 28 heavy (non-hydrogen) atoms. The van der Waals surface area contributed by atoms with Crippen LogP contribution in [0.2, 0.25) is 0 Å². The molecule has 7 nitrogen and oxygen atoms in total. The van der Waals surface area contributed by atoms with Crippen molar-refractivity contribution in [2.45, 2.75) is 26.4 Å². The molecule has 7 heteroatoms. The molecule has 2 aromatic heterocycles. The molecule has 1 aliphatic heterocycles. The summed E-state index contributed by atoms with van der Waals surface area (Å²) in [4.78, 5) is 26.5. The van der Waals surface area contributed by atoms with Crippen molar-refractivity contribution in [2.75, 3.05) is 13.2 Å². The summed E-state index contributed by atoms with van der Waals surface area (Å²) in [5.74, 6) is 1.13. The first-order chi connectivity index (χ1) is 13.6. The first-order valence-corrected chi connectivity index (χ1v) is 9.34. The third-order valence-corrected chi connectivity index (χ3v) is 4.79. The topological polar surface area (TPSA) is 91.3 Å². The molecule has 3 heterocycles. The third kappa shape index (κ3) is 3.75. The minimum Gasteiger partial charge on any atom is -0.504 e. The average Bonchev–Trinajstić information content (AvgIpc) is 2.71. The number of hydrogen-bond acceptors (Lipinski definition) is 6. The van der Waals surface area contributed by atoms with Crippen molar-refractivity contribution in [3.8, 4) is 23.0 Å². The van der Waals surface area contributed by atoms with Crippen molar-refractivity contribution in [3.05, 3.63) is 69.8 Å². The summed E-state index contributed by atoms with van der Waals surface area (Å²) in [5, 5.41) is 9.88. The number of phenols is 1. The second kappa shape index (κ2) is 7.82. The van der Waals surface area contributed by atoms with Crippen LogP contribution in [-0.4, -0.2) is 38.1 Å². The van der Waals surface area contributed by atoms with Crippen LogP contribution in [0.5, 0.6) is 11.5 Å². The lowest BCUT2D eigenvalue weighted by Crippen LogP contribution is -2.35. The van der Waals surface area contributed by atoms with Gasteiger partial charge in [0.1, 0.15) is 5.69 Å². The number of aromatic hydroxyl groups is 1. The molecule has 0 saturated carbocycles. The SMILES string of the molecule is CCOc1cc(CN2CCc3c(nc(-c4ccccn4)[nH]c3=O)C2)ccc1O. The number of rotatable bonds is 5. The van der Waals surface area contributed by atoms with Gasteiger partial charge in [0.05, 0.1) is 12.3 Å². The normalized spacial score (nSPS) is 13.9. The molecular weight excluding hydrogens is 356 g/mol. The second-order valence-electron chi connectivity index (χ2n) is 6.75. The van der Waals surface area contributed by atoms with Crippen molar-refractivity contribution in [1.29, 1.82) is 0 Å². The molecule has 144 valence electrons. The zero-order chi connectivity index (χ0) is 19.5. The number of H-pyrrole nitrogens is 1. The van der Waals surface area contributed by atoms with Crippen LogP contribution >= 0.6 is 0 Å². The zero-order valence-electron chi connectivity index (χ0n) is 15.7. The van der Waals surface area contributed by atoms with Crippen LogP contribution < -0.4 is 10.3 Å². The number of phenolic OH excluding ortho intramolecular Hbond substituents is 1. The van der Waals surface area contributed by atoms with E-state index in [1.807, 2.05) is 37.3 Å². The number of nitrogens with zero attached hydrogens (tertiary/aromatic N) is 3. The molecule has 1 aromatic carbocycles. The molecule has 2 N–H and O–H groups in total. The van der Waals surface area contributed by atoms with E-state index < -0.39 is 0 Å². The summed E-state index contributed by atoms with van der Waals surface area (Å²) in [5.41, 5.74) is 3.14. The number of aromatic amines is 1. The van der Waals surface area contributed by atoms with E-state index in [-0.39, 0.29) is 11.3 Å². The summed E-state index contributed by atoms with van der Waals surface area (Å²) < 4.78 is 5.47. The van der Waals surface area contributed by atoms with E-state index in [1.165, 1.54) is 0 Å². The van der Waals surface area contributed by atoms with Gasteiger partial charge in [-0.05, 0) is 43.2 Å². The van der Waals surface area contributed by atoms with E-state index in [0.717, 1.165) is 23.4 Å². The molecule has 3 aromatic rings. The Balaban J connectivity index is 1.57. The molecule has 0 fully saturated rings. The van der Waals surface area contributed by atoms with Gasteiger partial charge in [0.15, 0.2) is 17.3 Å². The van der Waals surface area contributed by atoms with Crippen molar-refractivity contribution >= 4 is 0 Å². The number of ether oxygens (including phenoxy) is 1. The maximum Gasteiger partial charge on any atom is 0.254 e. The Morgan fingerprint density at radius 3 is 2.96 bits per heavy atom. The van der Waals surface area contributed by atoms with Crippen LogP contribution in [0, 0.1) is 0 Å². The Morgan fingerprint density at radius 2 is 2.18 bits per heavy atom. The van der Waals surface area contributed by atoms with Crippen molar-refractivity contribution in [3.63, 3.8) is 0 Å². The molecule has 0 radical (unpaired) electrons. The van der Waals surface area contributed by atoms with E-state index in [2.05, 4.69) is 19.9 Å². The Kier molecular flexibility index (Phi) is 5.08. The van der Waals surface area contributed by atoms with Gasteiger partial charge in [-0.3, -0.25) is 14.7 Å². The Hall–Kier alpha value is -3.19. The number of pyridine rings is 1. The van der Waals surface area contributed by atoms with Crippen LogP contribution in [0.15, 0.2) is 47.4 Å². The van der Waals surface area contributed by atoms with Crippen LogP contribution in [0.3, 0.4) is 0 Å². The van der Waals surface area contributed by atoms with Gasteiger partial charge < -0.3 is 14.8 Å². The second-order valence-corrected chi connectivity index (χ2v) is 6.75. The third-order valence-electron chi connectivity index (χ3n) is 4.79. The standard InChI is InChI=1S/C21H22N4O3/c1-2-28-19-11-14(6-7-18(19)26)12-25-10-8-15-17(13-25)23-20(24-21(15)27)16-5-3-4-9-22-16/h3-7,9,11,26H,2,8,10,12-13H2,1H3,(H,23,24,27). The lowest BCUT2D eigenvalue weighted by molar-refractivity contribution is 0.239. The summed E-state index contributed by atoms with van der Waals surface area (Å²) in [6, 6.07) is 10.9. The molecule has 0 aliphatic carbocycles. The zero-order valence-corrected chi connectivity index (χ0v) is 15.7. The number of benzene rings is 1. The number of hydrogen-bond donors (Lipinski definition) is 2. The molecule has 0 unspecified atom stereocenters. The quantitative estimate of drug-likeness (QED) is 0.709. The van der Waals surface area contributed by atoms with Crippen LogP contribution in [0.4, 0.5) is 0 Å². The highest BCUT2D eigenvalue weighted by molar-refractivity contribution is 5.49. The predicted octanol–water partition coefficient (Wildman–Crippen LogP) is 2.49. The first-order valence-electron chi connectivity index (χ1n) is 9.34. The molecule has 0 spiro atoms. The van der Waals surface area contributed by atoms with Gasteiger partial charge >= 0.3 is 0 Å². The summed E-state index contributed by atoms with van der Waals surface area (Å²) in [6.07, 6.45) is 2.33. The fourth-order valence-electron chi connectivity index (χ4n) is 3.44. The minimum atomic E-state index is -0.0893. The van der Waals surface area contributed by atoms with Crippen LogP contribution in [0.25, 0.3) is 11.5 Å². The van der Waals surface area contributed by atoms with Gasteiger partial charge in [-0.1, -0.05) is 12.1 Å². The smallest absolute Gasteiger partial charge is 0.254 e. The van der Waals surface area contributed by atoms with E-state index in [9.17, 15) is 9.90 Å². The molecular formula is C21H22N4O3. The molecule has 0 amide bonds. The van der Waals surface area contributed by atoms with Gasteiger partial charge in [-0.2, -0.15) is 0 Å². The Morgan fingerprint density at radius 1 is 1.29 bits per heavy atom. The Bertz CT molecular complexity index is 1030. The highest BCUT2D eigenvalue weighted by Gasteiger charge is 2.22. The minimum absolute atomic E-state index is 0.0893. The predicted molar refractivity (Wildman–Crippen MR) is 105 cm³/mol. The van der Waals surface area contributed by atoms with Gasteiger partial charge in [-0.15, -0.1) is 0 Å². The molecule has 1 aliphatic rings. The molecule has 4 rings (SSSR count). The van der Waals surface area contributed by atoms with Crippen molar-refractivity contribution in [1.82, 2.24) is 19.9 Å².